The van der Waals surface area contributed by atoms with Crippen molar-refractivity contribution < 1.29 is 9.94 Å². The zero-order valence-corrected chi connectivity index (χ0v) is 20.5. The Morgan fingerprint density at radius 3 is 2.76 bits per heavy atom. The highest BCUT2D eigenvalue weighted by molar-refractivity contribution is 8.03. The van der Waals surface area contributed by atoms with Gasteiger partial charge in [0.05, 0.1) is 15.6 Å². The maximum absolute atomic E-state index is 13.1. The number of aliphatic hydroxyl groups is 1. The van der Waals surface area contributed by atoms with Gasteiger partial charge >= 0.3 is 0 Å². The maximum Gasteiger partial charge on any atom is 0.293 e. The van der Waals surface area contributed by atoms with Gasteiger partial charge in [-0.15, -0.1) is 16.5 Å². The lowest BCUT2D eigenvalue weighted by Crippen LogP contribution is -2.27. The van der Waals surface area contributed by atoms with Crippen LogP contribution in [0.1, 0.15) is 13.3 Å². The second-order valence-electron chi connectivity index (χ2n) is 6.81. The van der Waals surface area contributed by atoms with Crippen molar-refractivity contribution in [3.8, 4) is 11.1 Å². The molecule has 1 aromatic carbocycles. The van der Waals surface area contributed by atoms with Gasteiger partial charge in [-0.3, -0.25) is 4.79 Å². The Balaban J connectivity index is 1.85. The number of nitrogens with one attached hydrogen (secondary N) is 1. The second kappa shape index (κ2) is 12.1. The van der Waals surface area contributed by atoms with Crippen molar-refractivity contribution in [3.63, 3.8) is 0 Å². The first-order valence-corrected chi connectivity index (χ1v) is 12.0. The van der Waals surface area contributed by atoms with E-state index in [0.717, 1.165) is 21.8 Å². The second-order valence-corrected chi connectivity index (χ2v) is 8.79. The van der Waals surface area contributed by atoms with Gasteiger partial charge in [0.25, 0.3) is 5.56 Å². The monoisotopic (exact) mass is 506 g/mol. The highest BCUT2D eigenvalue weighted by Crippen LogP contribution is 2.33. The van der Waals surface area contributed by atoms with Crippen LogP contribution in [-0.4, -0.2) is 45.8 Å². The van der Waals surface area contributed by atoms with Gasteiger partial charge in [0, 0.05) is 41.0 Å². The van der Waals surface area contributed by atoms with Gasteiger partial charge in [-0.25, -0.2) is 4.98 Å². The molecule has 0 aliphatic carbocycles. The third kappa shape index (κ3) is 6.09. The number of aromatic nitrogens is 3. The Bertz CT molecular complexity index is 1220. The molecule has 0 atom stereocenters. The summed E-state index contributed by atoms with van der Waals surface area (Å²) in [5.41, 5.74) is 0.624. The summed E-state index contributed by atoms with van der Waals surface area (Å²) in [6.07, 6.45) is 8.34. The molecule has 2 heterocycles. The number of thioether (sulfide) groups is 1. The van der Waals surface area contributed by atoms with E-state index in [2.05, 4.69) is 15.3 Å². The fourth-order valence-corrected chi connectivity index (χ4v) is 4.54. The first-order valence-electron chi connectivity index (χ1n) is 10.2. The Morgan fingerprint density at radius 1 is 1.33 bits per heavy atom. The zero-order chi connectivity index (χ0) is 23.8. The van der Waals surface area contributed by atoms with Crippen molar-refractivity contribution in [1.82, 2.24) is 14.7 Å². The highest BCUT2D eigenvalue weighted by Gasteiger charge is 2.18. The number of allylic oxidation sites excluding steroid dienone is 2. The van der Waals surface area contributed by atoms with Gasteiger partial charge in [-0.1, -0.05) is 47.5 Å². The molecule has 0 bridgehead atoms. The molecule has 3 rings (SSSR count). The van der Waals surface area contributed by atoms with Gasteiger partial charge in [0.1, 0.15) is 7.11 Å². The maximum atomic E-state index is 13.1. The van der Waals surface area contributed by atoms with Crippen LogP contribution in [0.15, 0.2) is 58.4 Å². The Hall–Kier alpha value is -2.52. The van der Waals surface area contributed by atoms with Crippen LogP contribution in [0, 0.1) is 0 Å². The van der Waals surface area contributed by atoms with E-state index in [4.69, 9.17) is 33.1 Å². The molecule has 0 spiro atoms. The number of benzene rings is 1. The number of pyridine rings is 1. The number of aliphatic hydroxyl groups excluding tert-OH is 1. The van der Waals surface area contributed by atoms with E-state index in [1.807, 2.05) is 25.2 Å². The topological polar surface area (TPSA) is 89.3 Å². The molecule has 0 radical (unpaired) electrons. The van der Waals surface area contributed by atoms with Gasteiger partial charge in [0.15, 0.2) is 5.65 Å². The van der Waals surface area contributed by atoms with Gasteiger partial charge in [0.2, 0.25) is 5.95 Å². The van der Waals surface area contributed by atoms with Gasteiger partial charge in [-0.2, -0.15) is 4.98 Å². The van der Waals surface area contributed by atoms with E-state index in [-0.39, 0.29) is 6.61 Å². The summed E-state index contributed by atoms with van der Waals surface area (Å²) < 4.78 is 1.10. The Kier molecular flexibility index (Phi) is 9.20. The van der Waals surface area contributed by atoms with Crippen LogP contribution in [0.2, 0.25) is 10.0 Å². The lowest BCUT2D eigenvalue weighted by atomic mass is 10.1. The minimum Gasteiger partial charge on any atom is -0.412 e. The van der Waals surface area contributed by atoms with Crippen molar-refractivity contribution in [2.75, 3.05) is 31.3 Å². The van der Waals surface area contributed by atoms with E-state index in [0.29, 0.717) is 44.7 Å². The minimum absolute atomic E-state index is 0.189. The predicted octanol–water partition coefficient (Wildman–Crippen LogP) is 4.81. The van der Waals surface area contributed by atoms with E-state index in [9.17, 15) is 4.79 Å². The molecule has 0 fully saturated rings. The van der Waals surface area contributed by atoms with E-state index >= 15 is 0 Å². The smallest absolute Gasteiger partial charge is 0.293 e. The number of rotatable bonds is 10. The highest BCUT2D eigenvalue weighted by atomic mass is 35.5. The summed E-state index contributed by atoms with van der Waals surface area (Å²) >= 11 is 14.3. The largest absolute Gasteiger partial charge is 0.412 e. The lowest BCUT2D eigenvalue weighted by Gasteiger charge is -2.13. The summed E-state index contributed by atoms with van der Waals surface area (Å²) in [6, 6.07) is 6.72. The molecular weight excluding hydrogens is 483 g/mol. The average Bonchev–Trinajstić information content (AvgIpc) is 2.81. The molecular formula is C23H24Cl2N4O3S. The molecule has 0 saturated heterocycles. The first-order chi connectivity index (χ1) is 16.0. The van der Waals surface area contributed by atoms with Gasteiger partial charge < -0.3 is 15.3 Å². The third-order valence-corrected chi connectivity index (χ3v) is 6.46. The van der Waals surface area contributed by atoms with Crippen LogP contribution < -0.4 is 15.7 Å². The first kappa shape index (κ1) is 25.1. The van der Waals surface area contributed by atoms with E-state index in [1.165, 1.54) is 7.11 Å². The molecule has 0 aliphatic rings. The average molecular weight is 507 g/mol. The molecule has 0 saturated carbocycles. The molecule has 33 heavy (non-hydrogen) atoms. The summed E-state index contributed by atoms with van der Waals surface area (Å²) in [7, 11) is 1.39. The lowest BCUT2D eigenvalue weighted by molar-refractivity contribution is 0.168. The van der Waals surface area contributed by atoms with Crippen LogP contribution in [-0.2, 0) is 0 Å². The third-order valence-electron chi connectivity index (χ3n) is 4.63. The fraction of sp³-hybridized carbons (Fsp3) is 0.261. The molecule has 174 valence electrons. The summed E-state index contributed by atoms with van der Waals surface area (Å²) in [6.45, 7) is 2.65. The van der Waals surface area contributed by atoms with Crippen LogP contribution in [0.4, 0.5) is 5.95 Å². The zero-order valence-electron chi connectivity index (χ0n) is 18.2. The Labute approximate surface area is 206 Å². The standard InChI is InChI=1S/C23H24Cl2N4O3S/c1-3-16(33-12-6-11-30)7-5-10-26-23-27-14-15-13-17(20-18(24)8-4-9-19(20)25)22(31)29(32-2)21(15)28-23/h3-5,7-9,13-14,30H,6,10-12H2,1-2H3,(H,26,27,28)/b7-5-,16-3+. The minimum atomic E-state index is -0.429. The molecule has 0 aliphatic heterocycles. The van der Waals surface area contributed by atoms with Crippen molar-refractivity contribution in [2.24, 2.45) is 0 Å². The van der Waals surface area contributed by atoms with Crippen LogP contribution in [0.3, 0.4) is 0 Å². The normalized spacial score (nSPS) is 12.0. The molecule has 0 amide bonds. The number of nitrogens with zero attached hydrogens (tertiary/aromatic N) is 3. The predicted molar refractivity (Wildman–Crippen MR) is 137 cm³/mol. The van der Waals surface area contributed by atoms with Crippen LogP contribution in [0.5, 0.6) is 0 Å². The van der Waals surface area contributed by atoms with Crippen molar-refractivity contribution in [3.05, 3.63) is 74.0 Å². The number of anilines is 1. The number of fused-ring (bicyclic) bond motifs is 1. The van der Waals surface area contributed by atoms with Crippen LogP contribution >= 0.6 is 35.0 Å². The van der Waals surface area contributed by atoms with Crippen molar-refractivity contribution >= 4 is 51.9 Å². The number of halogens is 2. The summed E-state index contributed by atoms with van der Waals surface area (Å²) in [5.74, 6) is 1.22. The van der Waals surface area contributed by atoms with Crippen molar-refractivity contribution in [2.45, 2.75) is 13.3 Å². The van der Waals surface area contributed by atoms with E-state index in [1.54, 1.807) is 42.2 Å². The van der Waals surface area contributed by atoms with E-state index < -0.39 is 5.56 Å². The Morgan fingerprint density at radius 2 is 2.09 bits per heavy atom. The molecule has 2 aromatic heterocycles. The summed E-state index contributed by atoms with van der Waals surface area (Å²) in [4.78, 5) is 28.4. The fourth-order valence-electron chi connectivity index (χ4n) is 3.07. The SMILES string of the molecule is C/C=C(\C=C/CNc1ncc2cc(-c3c(Cl)cccc3Cl)c(=O)n(OC)c2n1)SCCCO. The molecule has 2 N–H and O–H groups in total. The van der Waals surface area contributed by atoms with Crippen molar-refractivity contribution in [1.29, 1.82) is 0 Å². The molecule has 3 aromatic rings. The quantitative estimate of drug-likeness (QED) is 0.301. The molecule has 7 nitrogen and oxygen atoms in total. The molecule has 0 unspecified atom stereocenters. The van der Waals surface area contributed by atoms with Crippen LogP contribution in [0.25, 0.3) is 22.2 Å². The summed E-state index contributed by atoms with van der Waals surface area (Å²) in [5, 5.41) is 13.3. The van der Waals surface area contributed by atoms with Gasteiger partial charge in [-0.05, 0) is 31.5 Å². The molecule has 10 heteroatoms. The number of hydrogen-bond acceptors (Lipinski definition) is 7. The number of hydrogen-bond donors (Lipinski definition) is 2.